The second-order valence-corrected chi connectivity index (χ2v) is 15.9. The van der Waals surface area contributed by atoms with Crippen LogP contribution in [-0.2, 0) is 24.7 Å². The smallest absolute Gasteiger partial charge is 0.286 e. The van der Waals surface area contributed by atoms with Gasteiger partial charge in [-0.15, -0.1) is 0 Å². The lowest BCUT2D eigenvalue weighted by Gasteiger charge is -2.07. The molecule has 0 heterocycles. The van der Waals surface area contributed by atoms with Crippen molar-refractivity contribution in [3.05, 3.63) is 0 Å². The average Bonchev–Trinajstić information content (AvgIpc) is 2.35. The monoisotopic (exact) mass is 365 g/mol. The van der Waals surface area contributed by atoms with Crippen LogP contribution in [0.15, 0.2) is 0 Å². The lowest BCUT2D eigenvalue weighted by atomic mass is 10.5. The molecule has 0 fully saturated rings. The Morgan fingerprint density at radius 2 is 1.35 bits per heavy atom. The Morgan fingerprint density at radius 3 is 1.88 bits per heavy atom. The Morgan fingerprint density at radius 1 is 0.824 bits per heavy atom. The van der Waals surface area contributed by atoms with Crippen LogP contribution in [0.3, 0.4) is 0 Å². The van der Waals surface area contributed by atoms with Gasteiger partial charge < -0.3 is 30.4 Å². The predicted molar refractivity (Wildman–Crippen MR) is 86.2 cm³/mol. The van der Waals surface area contributed by atoms with Crippen molar-refractivity contribution in [1.29, 1.82) is 0 Å². The van der Waals surface area contributed by atoms with E-state index < -0.39 is 50.0 Å². The van der Waals surface area contributed by atoms with Crippen molar-refractivity contribution in [2.75, 3.05) is 6.54 Å². The second-order valence-electron chi connectivity index (χ2n) is 3.10. The average molecular weight is 366 g/mol. The largest absolute Gasteiger partial charge is 0.449 e. The van der Waals surface area contributed by atoms with Gasteiger partial charge in [-0.1, -0.05) is 0 Å². The van der Waals surface area contributed by atoms with Gasteiger partial charge in [0.2, 0.25) is 0 Å². The summed E-state index contributed by atoms with van der Waals surface area (Å²) in [4.78, 5) is 0. The van der Waals surface area contributed by atoms with Gasteiger partial charge in [0.25, 0.3) is 50.0 Å². The van der Waals surface area contributed by atoms with E-state index >= 15 is 0 Å². The minimum absolute atomic E-state index is 0.369. The summed E-state index contributed by atoms with van der Waals surface area (Å²) in [6.07, 6.45) is 1.08. The van der Waals surface area contributed by atoms with Gasteiger partial charge in [0.1, 0.15) is 20.2 Å². The molecule has 0 amide bonds. The molecule has 0 spiro atoms. The summed E-state index contributed by atoms with van der Waals surface area (Å²) in [5.41, 5.74) is 5.38. The summed E-state index contributed by atoms with van der Waals surface area (Å²) < 4.78 is 31.8. The van der Waals surface area contributed by atoms with E-state index in [1.807, 2.05) is 0 Å². The molecule has 0 atom stereocenters. The lowest BCUT2D eigenvalue weighted by molar-refractivity contribution is 0.379. The molecule has 17 heavy (non-hydrogen) atoms. The maximum Gasteiger partial charge on any atom is 0.286 e. The van der Waals surface area contributed by atoms with Crippen LogP contribution < -0.4 is 5.73 Å². The van der Waals surface area contributed by atoms with E-state index in [1.54, 1.807) is 0 Å². The molecule has 0 aromatic rings. The number of hydrogen-bond donors (Lipinski definition) is 1. The quantitative estimate of drug-likeness (QED) is 0.242. The second kappa shape index (κ2) is 17.2. The third-order valence-corrected chi connectivity index (χ3v) is 10.5. The van der Waals surface area contributed by atoms with Gasteiger partial charge in [0, 0.05) is 0 Å². The Hall–Kier alpha value is 1.24. The number of nitrogens with two attached hydrogens (primary N) is 1. The summed E-state index contributed by atoms with van der Waals surface area (Å²) >= 11 is 0. The molecule has 0 aromatic carbocycles. The van der Waals surface area contributed by atoms with Crippen molar-refractivity contribution in [1.82, 2.24) is 0 Å². The standard InChI is InChI=1S/C3H23NO6Si7/c4-2-1-3-12-6-14-8-16-10-17-9-15-7-13-5-11/h1-4,12-17H2,11H3. The van der Waals surface area contributed by atoms with Crippen molar-refractivity contribution in [3.8, 4) is 0 Å². The van der Waals surface area contributed by atoms with Crippen molar-refractivity contribution in [2.24, 2.45) is 5.73 Å². The van der Waals surface area contributed by atoms with Crippen LogP contribution in [-0.4, -0.2) is 76.8 Å². The third kappa shape index (κ3) is 17.2. The van der Waals surface area contributed by atoms with Crippen molar-refractivity contribution < 1.29 is 24.7 Å². The maximum absolute atomic E-state index is 5.50. The van der Waals surface area contributed by atoms with Crippen molar-refractivity contribution in [2.45, 2.75) is 12.5 Å². The summed E-state index contributed by atoms with van der Waals surface area (Å²) in [7, 11) is -3.59. The van der Waals surface area contributed by atoms with Gasteiger partial charge in [-0.3, -0.25) is 0 Å². The van der Waals surface area contributed by atoms with Crippen LogP contribution in [0.2, 0.25) is 6.04 Å². The highest BCUT2D eigenvalue weighted by Gasteiger charge is 1.94. The van der Waals surface area contributed by atoms with Crippen molar-refractivity contribution in [3.63, 3.8) is 0 Å². The van der Waals surface area contributed by atoms with Gasteiger partial charge >= 0.3 is 0 Å². The van der Waals surface area contributed by atoms with Gasteiger partial charge in [-0.05, 0) is 19.0 Å². The van der Waals surface area contributed by atoms with E-state index in [2.05, 4.69) is 0 Å². The summed E-state index contributed by atoms with van der Waals surface area (Å²) in [6.45, 7) is 0.764. The molecule has 2 N–H and O–H groups in total. The molecular formula is C3H23NO6Si7. The molecule has 0 saturated carbocycles. The Kier molecular flexibility index (Phi) is 18.5. The highest BCUT2D eigenvalue weighted by molar-refractivity contribution is 6.48. The highest BCUT2D eigenvalue weighted by Crippen LogP contribution is 1.85. The molecule has 0 saturated heterocycles. The summed E-state index contributed by atoms with van der Waals surface area (Å²) in [6, 6.07) is 1.16. The molecule has 0 aliphatic heterocycles. The normalized spacial score (nSPS) is 15.4. The maximum atomic E-state index is 5.50. The molecule has 0 aliphatic rings. The van der Waals surface area contributed by atoms with Crippen LogP contribution >= 0.6 is 0 Å². The van der Waals surface area contributed by atoms with Crippen LogP contribution in [0.4, 0.5) is 0 Å². The van der Waals surface area contributed by atoms with Gasteiger partial charge in [-0.25, -0.2) is 0 Å². The zero-order chi connectivity index (χ0) is 12.6. The molecule has 0 aliphatic carbocycles. The fraction of sp³-hybridized carbons (Fsp3) is 1.00. The third-order valence-electron chi connectivity index (χ3n) is 1.61. The first-order valence-electron chi connectivity index (χ1n) is 5.49. The Balaban J connectivity index is 2.85. The van der Waals surface area contributed by atoms with Gasteiger partial charge in [0.05, 0.1) is 0 Å². The molecule has 0 rings (SSSR count). The van der Waals surface area contributed by atoms with Gasteiger partial charge in [-0.2, -0.15) is 0 Å². The first kappa shape index (κ1) is 18.2. The molecule has 0 unspecified atom stereocenters. The zero-order valence-corrected chi connectivity index (χ0v) is 20.9. The van der Waals surface area contributed by atoms with E-state index in [4.69, 9.17) is 30.4 Å². The Labute approximate surface area is 120 Å². The molecular weight excluding hydrogens is 343 g/mol. The fourth-order valence-corrected chi connectivity index (χ4v) is 12.0. The molecule has 0 aromatic heterocycles. The van der Waals surface area contributed by atoms with E-state index in [0.717, 1.165) is 29.5 Å². The van der Waals surface area contributed by atoms with Gasteiger partial charge in [0.15, 0.2) is 0 Å². The lowest BCUT2D eigenvalue weighted by Crippen LogP contribution is -2.19. The van der Waals surface area contributed by atoms with Crippen molar-refractivity contribution >= 4 is 70.3 Å². The molecule has 0 radical (unpaired) electrons. The first-order chi connectivity index (χ1) is 8.41. The van der Waals surface area contributed by atoms with E-state index in [0.29, 0.717) is 0 Å². The predicted octanol–water partition coefficient (Wildman–Crippen LogP) is -6.79. The van der Waals surface area contributed by atoms with E-state index in [-0.39, 0.29) is 9.76 Å². The summed E-state index contributed by atoms with van der Waals surface area (Å²) in [5.74, 6) is 0. The zero-order valence-electron chi connectivity index (χ0n) is 10.4. The number of hydrogen-bond acceptors (Lipinski definition) is 7. The minimum atomic E-state index is -0.851. The highest BCUT2D eigenvalue weighted by atomic mass is 28.4. The van der Waals surface area contributed by atoms with E-state index in [9.17, 15) is 0 Å². The number of rotatable bonds is 14. The van der Waals surface area contributed by atoms with Crippen LogP contribution in [0, 0.1) is 0 Å². The SMILES string of the molecule is NCCC[SiH2]O[SiH2]O[SiH2]O[SiH2]O[SiH2]O[SiH2]O[SiH3]. The first-order valence-corrected chi connectivity index (χ1v) is 13.7. The molecule has 104 valence electrons. The summed E-state index contributed by atoms with van der Waals surface area (Å²) in [5, 5.41) is 0. The molecule has 0 bridgehead atoms. The van der Waals surface area contributed by atoms with Crippen LogP contribution in [0.5, 0.6) is 0 Å². The topological polar surface area (TPSA) is 81.4 Å². The minimum Gasteiger partial charge on any atom is -0.449 e. The van der Waals surface area contributed by atoms with Crippen LogP contribution in [0.25, 0.3) is 0 Å². The fourth-order valence-electron chi connectivity index (χ4n) is 0.863. The van der Waals surface area contributed by atoms with E-state index in [1.165, 1.54) is 0 Å². The molecule has 7 nitrogen and oxygen atoms in total. The Bertz CT molecular complexity index is 133. The molecule has 14 heteroatoms. The van der Waals surface area contributed by atoms with Crippen LogP contribution in [0.1, 0.15) is 6.42 Å².